The van der Waals surface area contributed by atoms with E-state index in [4.69, 9.17) is 0 Å². The van der Waals surface area contributed by atoms with Gasteiger partial charge >= 0.3 is 0 Å². The van der Waals surface area contributed by atoms with Gasteiger partial charge in [-0.3, -0.25) is 0 Å². The minimum Gasteiger partial charge on any atom is -0.349 e. The second-order valence-electron chi connectivity index (χ2n) is 5.95. The van der Waals surface area contributed by atoms with Crippen LogP contribution in [0.2, 0.25) is 0 Å². The van der Waals surface area contributed by atoms with Crippen molar-refractivity contribution in [3.8, 4) is 5.82 Å². The molecular weight excluding hydrogens is 314 g/mol. The number of nitrogens with one attached hydrogen (secondary N) is 1. The first kappa shape index (κ1) is 17.0. The number of aromatic nitrogens is 6. The van der Waals surface area contributed by atoms with Gasteiger partial charge in [0.1, 0.15) is 0 Å². The van der Waals surface area contributed by atoms with Gasteiger partial charge in [0.15, 0.2) is 5.82 Å². The molecule has 0 bridgehead atoms. The Morgan fingerprint density at radius 2 is 1.84 bits per heavy atom. The van der Waals surface area contributed by atoms with Crippen LogP contribution in [0.15, 0.2) is 24.4 Å². The molecule has 0 saturated carbocycles. The molecule has 0 aliphatic carbocycles. The third-order valence-corrected chi connectivity index (χ3v) is 4.00. The normalized spacial score (nSPS) is 10.9. The first-order valence-corrected chi connectivity index (χ1v) is 8.55. The Balaban J connectivity index is 1.69. The van der Waals surface area contributed by atoms with Crippen molar-refractivity contribution in [2.75, 3.05) is 5.32 Å². The summed E-state index contributed by atoms with van der Waals surface area (Å²) in [7, 11) is 0. The zero-order chi connectivity index (χ0) is 17.8. The maximum atomic E-state index is 4.54. The fraction of sp³-hybridized carbons (Fsp3) is 0.389. The van der Waals surface area contributed by atoms with E-state index in [9.17, 15) is 0 Å². The summed E-state index contributed by atoms with van der Waals surface area (Å²) in [6.07, 6.45) is 3.54. The zero-order valence-corrected chi connectivity index (χ0v) is 15.1. The second kappa shape index (κ2) is 7.38. The molecule has 0 unspecified atom stereocenters. The summed E-state index contributed by atoms with van der Waals surface area (Å²) in [5.41, 5.74) is 5.06. The SMILES string of the molecule is CCc1nnc(NCc2ccc(-n3nc(C)cc3C)nc2)nc1CC. The van der Waals surface area contributed by atoms with Crippen molar-refractivity contribution in [3.05, 3.63) is 52.7 Å². The number of pyridine rings is 1. The molecule has 0 spiro atoms. The Kier molecular flexibility index (Phi) is 5.02. The number of rotatable bonds is 6. The monoisotopic (exact) mass is 337 g/mol. The molecule has 3 heterocycles. The molecule has 0 aliphatic rings. The zero-order valence-electron chi connectivity index (χ0n) is 15.1. The van der Waals surface area contributed by atoms with Crippen LogP contribution in [0.25, 0.3) is 5.82 Å². The van der Waals surface area contributed by atoms with Crippen LogP contribution in [0.5, 0.6) is 0 Å². The van der Waals surface area contributed by atoms with Gasteiger partial charge in [-0.05, 0) is 44.4 Å². The first-order valence-electron chi connectivity index (χ1n) is 8.55. The predicted octanol–water partition coefficient (Wildman–Crippen LogP) is 2.81. The van der Waals surface area contributed by atoms with Crippen molar-refractivity contribution in [2.45, 2.75) is 47.1 Å². The second-order valence-corrected chi connectivity index (χ2v) is 5.95. The lowest BCUT2D eigenvalue weighted by molar-refractivity contribution is 0.802. The van der Waals surface area contributed by atoms with Gasteiger partial charge in [0, 0.05) is 18.4 Å². The van der Waals surface area contributed by atoms with Gasteiger partial charge in [-0.2, -0.15) is 10.2 Å². The maximum absolute atomic E-state index is 4.54. The minimum absolute atomic E-state index is 0.552. The molecule has 0 aliphatic heterocycles. The Bertz CT molecular complexity index is 852. The summed E-state index contributed by atoms with van der Waals surface area (Å²) >= 11 is 0. The minimum atomic E-state index is 0.552. The standard InChI is InChI=1S/C18H23N7/c1-5-15-16(6-2)22-23-18(21-15)20-11-14-7-8-17(19-10-14)25-13(4)9-12(3)24-25/h7-10H,5-6,11H2,1-4H3,(H,20,21,23). The van der Waals surface area contributed by atoms with Gasteiger partial charge < -0.3 is 5.32 Å². The van der Waals surface area contributed by atoms with E-state index in [1.165, 1.54) is 0 Å². The van der Waals surface area contributed by atoms with Crippen LogP contribution in [0, 0.1) is 13.8 Å². The first-order chi connectivity index (χ1) is 12.1. The Hall–Kier alpha value is -2.83. The molecule has 0 amide bonds. The van der Waals surface area contributed by atoms with Crippen molar-refractivity contribution in [3.63, 3.8) is 0 Å². The average molecular weight is 337 g/mol. The van der Waals surface area contributed by atoms with Crippen molar-refractivity contribution in [1.29, 1.82) is 0 Å². The molecule has 3 rings (SSSR count). The van der Waals surface area contributed by atoms with Gasteiger partial charge in [0.2, 0.25) is 5.95 Å². The van der Waals surface area contributed by atoms with Crippen molar-refractivity contribution in [1.82, 2.24) is 29.9 Å². The lowest BCUT2D eigenvalue weighted by Crippen LogP contribution is -2.10. The van der Waals surface area contributed by atoms with E-state index >= 15 is 0 Å². The van der Waals surface area contributed by atoms with Crippen LogP contribution < -0.4 is 5.32 Å². The highest BCUT2D eigenvalue weighted by atomic mass is 15.3. The number of hydrogen-bond acceptors (Lipinski definition) is 6. The highest BCUT2D eigenvalue weighted by Crippen LogP contribution is 2.12. The highest BCUT2D eigenvalue weighted by molar-refractivity contribution is 5.31. The lowest BCUT2D eigenvalue weighted by atomic mass is 10.2. The van der Waals surface area contributed by atoms with Gasteiger partial charge in [0.05, 0.1) is 17.1 Å². The van der Waals surface area contributed by atoms with E-state index in [-0.39, 0.29) is 0 Å². The molecule has 3 aromatic heterocycles. The van der Waals surface area contributed by atoms with Crippen LogP contribution in [0.3, 0.4) is 0 Å². The topological polar surface area (TPSA) is 81.4 Å². The maximum Gasteiger partial charge on any atom is 0.243 e. The summed E-state index contributed by atoms with van der Waals surface area (Å²) in [6.45, 7) is 8.74. The molecule has 0 fully saturated rings. The quantitative estimate of drug-likeness (QED) is 0.745. The third kappa shape index (κ3) is 3.81. The number of nitrogens with zero attached hydrogens (tertiary/aromatic N) is 6. The summed E-state index contributed by atoms with van der Waals surface area (Å²) < 4.78 is 1.84. The van der Waals surface area contributed by atoms with Crippen LogP contribution in [0.1, 0.15) is 42.2 Å². The van der Waals surface area contributed by atoms with E-state index in [1.54, 1.807) is 0 Å². The predicted molar refractivity (Wildman–Crippen MR) is 96.7 cm³/mol. The summed E-state index contributed by atoms with van der Waals surface area (Å²) in [6, 6.07) is 6.03. The molecule has 25 heavy (non-hydrogen) atoms. The van der Waals surface area contributed by atoms with Gasteiger partial charge in [-0.15, -0.1) is 5.10 Å². The molecule has 7 nitrogen and oxygen atoms in total. The fourth-order valence-corrected chi connectivity index (χ4v) is 2.70. The highest BCUT2D eigenvalue weighted by Gasteiger charge is 2.07. The van der Waals surface area contributed by atoms with Crippen molar-refractivity contribution >= 4 is 5.95 Å². The molecule has 3 aromatic rings. The molecule has 0 atom stereocenters. The Labute approximate surface area is 147 Å². The van der Waals surface area contributed by atoms with E-state index in [0.29, 0.717) is 12.5 Å². The van der Waals surface area contributed by atoms with Gasteiger partial charge in [0.25, 0.3) is 0 Å². The van der Waals surface area contributed by atoms with Crippen LogP contribution in [-0.2, 0) is 19.4 Å². The molecule has 130 valence electrons. The largest absolute Gasteiger partial charge is 0.349 e. The fourth-order valence-electron chi connectivity index (χ4n) is 2.70. The molecular formula is C18H23N7. The smallest absolute Gasteiger partial charge is 0.243 e. The van der Waals surface area contributed by atoms with E-state index in [0.717, 1.165) is 47.0 Å². The number of anilines is 1. The van der Waals surface area contributed by atoms with E-state index < -0.39 is 0 Å². The van der Waals surface area contributed by atoms with Gasteiger partial charge in [-0.25, -0.2) is 14.6 Å². The van der Waals surface area contributed by atoms with Crippen molar-refractivity contribution < 1.29 is 0 Å². The molecule has 0 saturated heterocycles. The summed E-state index contributed by atoms with van der Waals surface area (Å²) in [5, 5.41) is 16.1. The Morgan fingerprint density at radius 1 is 1.04 bits per heavy atom. The number of aryl methyl sites for hydroxylation is 4. The summed E-state index contributed by atoms with van der Waals surface area (Å²) in [5.74, 6) is 1.37. The van der Waals surface area contributed by atoms with E-state index in [2.05, 4.69) is 44.4 Å². The Morgan fingerprint density at radius 3 is 2.44 bits per heavy atom. The van der Waals surface area contributed by atoms with Crippen LogP contribution in [0.4, 0.5) is 5.95 Å². The van der Waals surface area contributed by atoms with Crippen LogP contribution in [-0.4, -0.2) is 29.9 Å². The molecule has 0 aromatic carbocycles. The van der Waals surface area contributed by atoms with Gasteiger partial charge in [-0.1, -0.05) is 19.9 Å². The molecule has 7 heteroatoms. The number of hydrogen-bond donors (Lipinski definition) is 1. The average Bonchev–Trinajstić information content (AvgIpc) is 2.98. The van der Waals surface area contributed by atoms with Crippen molar-refractivity contribution in [2.24, 2.45) is 0 Å². The lowest BCUT2D eigenvalue weighted by Gasteiger charge is -2.08. The molecule has 1 N–H and O–H groups in total. The van der Waals surface area contributed by atoms with E-state index in [1.807, 2.05) is 42.9 Å². The third-order valence-electron chi connectivity index (χ3n) is 4.00. The van der Waals surface area contributed by atoms with Crippen LogP contribution >= 0.6 is 0 Å². The molecule has 0 radical (unpaired) electrons. The summed E-state index contributed by atoms with van der Waals surface area (Å²) in [4.78, 5) is 9.04.